The maximum atomic E-state index is 5.01. The van der Waals surface area contributed by atoms with Gasteiger partial charge in [0.25, 0.3) is 0 Å². The van der Waals surface area contributed by atoms with Crippen molar-refractivity contribution in [2.45, 2.75) is 17.4 Å². The Hall–Kier alpha value is 0.620. The minimum atomic E-state index is 0.198. The number of hydrogen-bond donors (Lipinski definition) is 4. The van der Waals surface area contributed by atoms with Gasteiger partial charge in [-0.15, -0.1) is 0 Å². The molecule has 0 aromatic heterocycles. The van der Waals surface area contributed by atoms with Gasteiger partial charge < -0.3 is 0 Å². The van der Waals surface area contributed by atoms with Crippen molar-refractivity contribution < 1.29 is 0 Å². The summed E-state index contributed by atoms with van der Waals surface area (Å²) in [5.41, 5.74) is 2.56. The summed E-state index contributed by atoms with van der Waals surface area (Å²) >= 11 is 8.13. The van der Waals surface area contributed by atoms with Crippen molar-refractivity contribution in [3.8, 4) is 0 Å². The Bertz CT molecular complexity index is 49.3. The molecule has 2 nitrogen and oxygen atoms in total. The van der Waals surface area contributed by atoms with E-state index in [9.17, 15) is 0 Å². The molecule has 0 saturated carbocycles. The van der Waals surface area contributed by atoms with Crippen LogP contribution in [0.2, 0.25) is 0 Å². The second kappa shape index (κ2) is 5.75. The lowest BCUT2D eigenvalue weighted by molar-refractivity contribution is 0.667. The molecule has 0 fully saturated rings. The summed E-state index contributed by atoms with van der Waals surface area (Å²) in [5, 5.41) is 0. The van der Waals surface area contributed by atoms with E-state index in [2.05, 4.69) is 30.7 Å². The molecule has 0 saturated heterocycles. The van der Waals surface area contributed by atoms with Crippen LogP contribution in [0.4, 0.5) is 0 Å². The SMILES string of the molecule is NNCCCC(S)S. The summed E-state index contributed by atoms with van der Waals surface area (Å²) in [6.45, 7) is 0.845. The molecule has 0 unspecified atom stereocenters. The molecule has 0 heterocycles. The molecule has 0 atom stereocenters. The average molecular weight is 152 g/mol. The first kappa shape index (κ1) is 8.62. The smallest absolute Gasteiger partial charge is 0.0442 e. The first-order valence-corrected chi connectivity index (χ1v) is 3.60. The maximum absolute atomic E-state index is 5.01. The molecule has 8 heavy (non-hydrogen) atoms. The lowest BCUT2D eigenvalue weighted by Crippen LogP contribution is -2.23. The highest BCUT2D eigenvalue weighted by Crippen LogP contribution is 2.06. The van der Waals surface area contributed by atoms with Crippen molar-refractivity contribution in [3.05, 3.63) is 0 Å². The van der Waals surface area contributed by atoms with Crippen LogP contribution in [-0.4, -0.2) is 11.1 Å². The zero-order valence-corrected chi connectivity index (χ0v) is 6.46. The molecule has 0 aliphatic heterocycles. The summed E-state index contributed by atoms with van der Waals surface area (Å²) in [5.74, 6) is 5.01. The van der Waals surface area contributed by atoms with Gasteiger partial charge in [0.15, 0.2) is 0 Å². The highest BCUT2D eigenvalue weighted by molar-refractivity contribution is 7.99. The van der Waals surface area contributed by atoms with E-state index in [0.717, 1.165) is 19.4 Å². The fraction of sp³-hybridized carbons (Fsp3) is 1.00. The van der Waals surface area contributed by atoms with E-state index >= 15 is 0 Å². The number of thiol groups is 2. The fourth-order valence-corrected chi connectivity index (χ4v) is 0.752. The molecule has 0 aromatic carbocycles. The summed E-state index contributed by atoms with van der Waals surface area (Å²) in [6.07, 6.45) is 2.03. The topological polar surface area (TPSA) is 38.0 Å². The van der Waals surface area contributed by atoms with Gasteiger partial charge in [-0.1, -0.05) is 0 Å². The third kappa shape index (κ3) is 6.62. The molecule has 0 aromatic rings. The third-order valence-corrected chi connectivity index (χ3v) is 1.30. The summed E-state index contributed by atoms with van der Waals surface area (Å²) in [6, 6.07) is 0. The first-order chi connectivity index (χ1) is 3.77. The van der Waals surface area contributed by atoms with Gasteiger partial charge in [-0.05, 0) is 12.8 Å². The second-order valence-corrected chi connectivity index (χ2v) is 3.23. The number of nitrogens with one attached hydrogen (secondary N) is 1. The molecule has 0 aliphatic rings. The second-order valence-electron chi connectivity index (χ2n) is 1.58. The van der Waals surface area contributed by atoms with Gasteiger partial charge in [-0.2, -0.15) is 25.3 Å². The van der Waals surface area contributed by atoms with E-state index in [4.69, 9.17) is 5.84 Å². The van der Waals surface area contributed by atoms with Crippen LogP contribution in [0.5, 0.6) is 0 Å². The Labute approximate surface area is 61.0 Å². The molecular weight excluding hydrogens is 140 g/mol. The highest BCUT2D eigenvalue weighted by Gasteiger charge is 1.92. The molecule has 3 N–H and O–H groups in total. The lowest BCUT2D eigenvalue weighted by Gasteiger charge is -2.00. The Morgan fingerprint density at radius 1 is 1.50 bits per heavy atom. The highest BCUT2D eigenvalue weighted by atomic mass is 32.2. The standard InChI is InChI=1S/C4H12N2S2/c5-6-3-1-2-4(7)8/h4,6-8H,1-3,5H2. The van der Waals surface area contributed by atoms with Crippen LogP contribution in [0, 0.1) is 0 Å². The van der Waals surface area contributed by atoms with Crippen LogP contribution in [0.3, 0.4) is 0 Å². The zero-order valence-electron chi connectivity index (χ0n) is 4.67. The van der Waals surface area contributed by atoms with Crippen molar-refractivity contribution in [2.75, 3.05) is 6.54 Å². The van der Waals surface area contributed by atoms with E-state index in [1.807, 2.05) is 0 Å². The predicted molar refractivity (Wildman–Crippen MR) is 43.2 cm³/mol. The quantitative estimate of drug-likeness (QED) is 0.155. The Morgan fingerprint density at radius 3 is 2.50 bits per heavy atom. The van der Waals surface area contributed by atoms with Crippen LogP contribution >= 0.6 is 25.3 Å². The minimum Gasteiger partial charge on any atom is -0.271 e. The molecule has 0 amide bonds. The van der Waals surface area contributed by atoms with Crippen LogP contribution in [0.25, 0.3) is 0 Å². The zero-order chi connectivity index (χ0) is 6.41. The molecule has 4 heteroatoms. The minimum absolute atomic E-state index is 0.198. The number of rotatable bonds is 4. The third-order valence-electron chi connectivity index (χ3n) is 0.783. The van der Waals surface area contributed by atoms with Gasteiger partial charge >= 0.3 is 0 Å². The molecule has 0 rings (SSSR count). The molecule has 50 valence electrons. The number of hydrogen-bond acceptors (Lipinski definition) is 4. The normalized spacial score (nSPS) is 10.5. The molecule has 0 aliphatic carbocycles. The molecule has 0 spiro atoms. The van der Waals surface area contributed by atoms with Gasteiger partial charge in [-0.3, -0.25) is 11.3 Å². The Kier molecular flexibility index (Phi) is 6.20. The number of nitrogens with two attached hydrogens (primary N) is 1. The maximum Gasteiger partial charge on any atom is 0.0442 e. The van der Waals surface area contributed by atoms with Crippen LogP contribution in [0.1, 0.15) is 12.8 Å². The van der Waals surface area contributed by atoms with E-state index < -0.39 is 0 Å². The largest absolute Gasteiger partial charge is 0.271 e. The van der Waals surface area contributed by atoms with Crippen molar-refractivity contribution >= 4 is 25.3 Å². The number of hydrazine groups is 1. The lowest BCUT2D eigenvalue weighted by atomic mass is 10.3. The van der Waals surface area contributed by atoms with E-state index in [-0.39, 0.29) is 4.58 Å². The van der Waals surface area contributed by atoms with Gasteiger partial charge in [0.1, 0.15) is 0 Å². The van der Waals surface area contributed by atoms with Gasteiger partial charge in [-0.25, -0.2) is 0 Å². The fourth-order valence-electron chi connectivity index (χ4n) is 0.387. The first-order valence-electron chi connectivity index (χ1n) is 2.57. The van der Waals surface area contributed by atoms with E-state index in [1.54, 1.807) is 0 Å². The summed E-state index contributed by atoms with van der Waals surface area (Å²) < 4.78 is 0.198. The van der Waals surface area contributed by atoms with Crippen molar-refractivity contribution in [1.82, 2.24) is 5.43 Å². The van der Waals surface area contributed by atoms with Crippen LogP contribution < -0.4 is 11.3 Å². The van der Waals surface area contributed by atoms with Gasteiger partial charge in [0.05, 0.1) is 0 Å². The molecule has 0 radical (unpaired) electrons. The Morgan fingerprint density at radius 2 is 2.12 bits per heavy atom. The van der Waals surface area contributed by atoms with E-state index in [0.29, 0.717) is 0 Å². The van der Waals surface area contributed by atoms with Gasteiger partial charge in [0, 0.05) is 11.1 Å². The van der Waals surface area contributed by atoms with E-state index in [1.165, 1.54) is 0 Å². The summed E-state index contributed by atoms with van der Waals surface area (Å²) in [4.78, 5) is 0. The van der Waals surface area contributed by atoms with Crippen molar-refractivity contribution in [2.24, 2.45) is 5.84 Å². The van der Waals surface area contributed by atoms with Crippen LogP contribution in [-0.2, 0) is 0 Å². The average Bonchev–Trinajstić information content (AvgIpc) is 1.66. The molecular formula is C4H12N2S2. The predicted octanol–water partition coefficient (Wildman–Crippen LogP) is 0.416. The molecule has 0 bridgehead atoms. The monoisotopic (exact) mass is 152 g/mol. The van der Waals surface area contributed by atoms with Crippen LogP contribution in [0.15, 0.2) is 0 Å². The van der Waals surface area contributed by atoms with Crippen molar-refractivity contribution in [3.63, 3.8) is 0 Å². The summed E-state index contributed by atoms with van der Waals surface area (Å²) in [7, 11) is 0. The van der Waals surface area contributed by atoms with Gasteiger partial charge in [0.2, 0.25) is 0 Å². The Balaban J connectivity index is 2.72. The van der Waals surface area contributed by atoms with Crippen molar-refractivity contribution in [1.29, 1.82) is 0 Å².